The molecule has 2 nitrogen and oxygen atoms in total. The molecule has 0 heterocycles. The molecule has 0 aromatic heterocycles. The van der Waals surface area contributed by atoms with Gasteiger partial charge in [-0.1, -0.05) is 13.0 Å². The number of hydrogen-bond donors (Lipinski definition) is 1. The van der Waals surface area contributed by atoms with E-state index in [1.54, 1.807) is 6.07 Å². The summed E-state index contributed by atoms with van der Waals surface area (Å²) in [5.74, 6) is -0.243. The molecule has 1 atom stereocenters. The van der Waals surface area contributed by atoms with Crippen LogP contribution < -0.4 is 0 Å². The van der Waals surface area contributed by atoms with Gasteiger partial charge in [0, 0.05) is 0 Å². The number of rotatable bonds is 1. The van der Waals surface area contributed by atoms with Crippen LogP contribution in [0.5, 0.6) is 0 Å². The molecule has 0 radical (unpaired) electrons. The lowest BCUT2D eigenvalue weighted by molar-refractivity contribution is 0.0696. The quantitative estimate of drug-likeness (QED) is 0.739. The van der Waals surface area contributed by atoms with E-state index in [2.05, 4.69) is 6.92 Å². The number of hydrogen-bond acceptors (Lipinski definition) is 1. The van der Waals surface area contributed by atoms with Crippen LogP contribution in [0.25, 0.3) is 0 Å². The Morgan fingerprint density at radius 1 is 1.50 bits per heavy atom. The highest BCUT2D eigenvalue weighted by molar-refractivity contribution is 5.87. The van der Waals surface area contributed by atoms with Gasteiger partial charge in [0.15, 0.2) is 0 Å². The van der Waals surface area contributed by atoms with E-state index >= 15 is 0 Å². The first-order valence-electron chi connectivity index (χ1n) is 5.04. The van der Waals surface area contributed by atoms with Crippen LogP contribution in [0.3, 0.4) is 0 Å². The van der Waals surface area contributed by atoms with Gasteiger partial charge in [-0.25, -0.2) is 4.79 Å². The van der Waals surface area contributed by atoms with Crippen molar-refractivity contribution in [3.63, 3.8) is 0 Å². The Kier molecular flexibility index (Phi) is 2.28. The lowest BCUT2D eigenvalue weighted by atomic mass is 9.83. The van der Waals surface area contributed by atoms with Crippen molar-refractivity contribution < 1.29 is 9.90 Å². The van der Waals surface area contributed by atoms with Crippen molar-refractivity contribution >= 4 is 5.97 Å². The molecule has 0 saturated carbocycles. The van der Waals surface area contributed by atoms with Crippen LogP contribution in [-0.4, -0.2) is 11.1 Å². The third-order valence-corrected chi connectivity index (χ3v) is 3.00. The van der Waals surface area contributed by atoms with E-state index in [4.69, 9.17) is 5.11 Å². The molecule has 1 aliphatic carbocycles. The maximum atomic E-state index is 10.8. The maximum absolute atomic E-state index is 10.8. The Bertz CT molecular complexity index is 369. The fraction of sp³-hybridized carbons (Fsp3) is 0.417. The Labute approximate surface area is 83.6 Å². The number of benzene rings is 1. The van der Waals surface area contributed by atoms with E-state index in [9.17, 15) is 4.79 Å². The third-order valence-electron chi connectivity index (χ3n) is 3.00. The van der Waals surface area contributed by atoms with Gasteiger partial charge in [-0.3, -0.25) is 0 Å². The zero-order valence-electron chi connectivity index (χ0n) is 8.29. The predicted octanol–water partition coefficient (Wildman–Crippen LogP) is 2.82. The van der Waals surface area contributed by atoms with Gasteiger partial charge in [0.25, 0.3) is 0 Å². The average molecular weight is 190 g/mol. The van der Waals surface area contributed by atoms with Crippen LogP contribution >= 0.6 is 0 Å². The van der Waals surface area contributed by atoms with E-state index in [0.717, 1.165) is 6.42 Å². The number of fused-ring (bicyclic) bond motifs is 1. The van der Waals surface area contributed by atoms with Crippen LogP contribution in [0, 0.1) is 0 Å². The van der Waals surface area contributed by atoms with E-state index in [-0.39, 0.29) is 0 Å². The van der Waals surface area contributed by atoms with E-state index in [1.165, 1.54) is 24.0 Å². The normalized spacial score (nSPS) is 20.2. The molecule has 0 amide bonds. The van der Waals surface area contributed by atoms with Crippen LogP contribution in [0.2, 0.25) is 0 Å². The van der Waals surface area contributed by atoms with E-state index < -0.39 is 5.97 Å². The molecule has 1 aliphatic rings. The van der Waals surface area contributed by atoms with Crippen molar-refractivity contribution in [1.82, 2.24) is 0 Å². The molecule has 1 aromatic rings. The predicted molar refractivity (Wildman–Crippen MR) is 54.8 cm³/mol. The number of carboxylic acids is 1. The number of aromatic carboxylic acids is 1. The minimum absolute atomic E-state index is 0.415. The lowest BCUT2D eigenvalue weighted by Crippen LogP contribution is -2.08. The van der Waals surface area contributed by atoms with Crippen molar-refractivity contribution in [3.8, 4) is 0 Å². The summed E-state index contributed by atoms with van der Waals surface area (Å²) in [6, 6.07) is 5.51. The van der Waals surface area contributed by atoms with Gasteiger partial charge in [0.2, 0.25) is 0 Å². The molecule has 14 heavy (non-hydrogen) atoms. The van der Waals surface area contributed by atoms with Gasteiger partial charge >= 0.3 is 5.97 Å². The number of carbonyl (C=O) groups is 1. The SMILES string of the molecule is C[C@H]1CCCc2cc(C(=O)O)ccc21. The van der Waals surface area contributed by atoms with Crippen LogP contribution in [0.15, 0.2) is 18.2 Å². The fourth-order valence-electron chi connectivity index (χ4n) is 2.19. The van der Waals surface area contributed by atoms with E-state index in [1.807, 2.05) is 12.1 Å². The van der Waals surface area contributed by atoms with Crippen LogP contribution in [-0.2, 0) is 6.42 Å². The molecular weight excluding hydrogens is 176 g/mol. The zero-order chi connectivity index (χ0) is 10.1. The maximum Gasteiger partial charge on any atom is 0.335 e. The monoisotopic (exact) mass is 190 g/mol. The number of carboxylic acid groups (broad SMARTS) is 1. The van der Waals surface area contributed by atoms with Crippen molar-refractivity contribution in [2.75, 3.05) is 0 Å². The summed E-state index contributed by atoms with van der Waals surface area (Å²) in [5.41, 5.74) is 2.97. The van der Waals surface area contributed by atoms with Gasteiger partial charge < -0.3 is 5.11 Å². The molecular formula is C12H14O2. The second kappa shape index (κ2) is 3.45. The lowest BCUT2D eigenvalue weighted by Gasteiger charge is -2.22. The minimum atomic E-state index is -0.828. The molecule has 0 spiro atoms. The molecule has 0 saturated heterocycles. The fourth-order valence-corrected chi connectivity index (χ4v) is 2.19. The van der Waals surface area contributed by atoms with Crippen molar-refractivity contribution in [2.24, 2.45) is 0 Å². The third kappa shape index (κ3) is 1.52. The second-order valence-electron chi connectivity index (χ2n) is 4.01. The van der Waals surface area contributed by atoms with Crippen molar-refractivity contribution in [2.45, 2.75) is 32.1 Å². The van der Waals surface area contributed by atoms with Gasteiger partial charge in [-0.15, -0.1) is 0 Å². The number of aryl methyl sites for hydroxylation is 1. The highest BCUT2D eigenvalue weighted by Gasteiger charge is 2.17. The van der Waals surface area contributed by atoms with Crippen LogP contribution in [0.1, 0.15) is 47.2 Å². The Hall–Kier alpha value is -1.31. The second-order valence-corrected chi connectivity index (χ2v) is 4.01. The largest absolute Gasteiger partial charge is 0.478 e. The highest BCUT2D eigenvalue weighted by atomic mass is 16.4. The summed E-state index contributed by atoms with van der Waals surface area (Å²) in [5, 5.41) is 8.85. The van der Waals surface area contributed by atoms with Gasteiger partial charge in [0.1, 0.15) is 0 Å². The Morgan fingerprint density at radius 2 is 2.29 bits per heavy atom. The van der Waals surface area contributed by atoms with Crippen LogP contribution in [0.4, 0.5) is 0 Å². The molecule has 2 heteroatoms. The first kappa shape index (κ1) is 9.25. The van der Waals surface area contributed by atoms with Gasteiger partial charge in [-0.05, 0) is 48.4 Å². The molecule has 1 aromatic carbocycles. The average Bonchev–Trinajstić information content (AvgIpc) is 2.17. The van der Waals surface area contributed by atoms with Crippen molar-refractivity contribution in [3.05, 3.63) is 34.9 Å². The zero-order valence-corrected chi connectivity index (χ0v) is 8.29. The van der Waals surface area contributed by atoms with Gasteiger partial charge in [0.05, 0.1) is 5.56 Å². The standard InChI is InChI=1S/C12H14O2/c1-8-3-2-4-9-7-10(12(13)14)5-6-11(8)9/h5-8H,2-4H2,1H3,(H,13,14)/t8-/m0/s1. The molecule has 0 fully saturated rings. The summed E-state index contributed by atoms with van der Waals surface area (Å²) in [6.07, 6.45) is 3.43. The minimum Gasteiger partial charge on any atom is -0.478 e. The molecule has 0 bridgehead atoms. The van der Waals surface area contributed by atoms with E-state index in [0.29, 0.717) is 11.5 Å². The molecule has 74 valence electrons. The summed E-state index contributed by atoms with van der Waals surface area (Å²) in [4.78, 5) is 10.8. The Morgan fingerprint density at radius 3 is 3.00 bits per heavy atom. The Balaban J connectivity index is 2.44. The molecule has 0 unspecified atom stereocenters. The molecule has 2 rings (SSSR count). The summed E-state index contributed by atoms with van der Waals surface area (Å²) >= 11 is 0. The summed E-state index contributed by atoms with van der Waals surface area (Å²) in [7, 11) is 0. The smallest absolute Gasteiger partial charge is 0.335 e. The summed E-state index contributed by atoms with van der Waals surface area (Å²) < 4.78 is 0. The van der Waals surface area contributed by atoms with Gasteiger partial charge in [-0.2, -0.15) is 0 Å². The van der Waals surface area contributed by atoms with Crippen molar-refractivity contribution in [1.29, 1.82) is 0 Å². The first-order chi connectivity index (χ1) is 6.68. The highest BCUT2D eigenvalue weighted by Crippen LogP contribution is 2.31. The summed E-state index contributed by atoms with van der Waals surface area (Å²) in [6.45, 7) is 2.21. The first-order valence-corrected chi connectivity index (χ1v) is 5.04. The molecule has 1 N–H and O–H groups in total. The topological polar surface area (TPSA) is 37.3 Å². The molecule has 0 aliphatic heterocycles.